The molecule has 0 bridgehead atoms. The van der Waals surface area contributed by atoms with Crippen LogP contribution in [0.2, 0.25) is 0 Å². The summed E-state index contributed by atoms with van der Waals surface area (Å²) < 4.78 is 0. The molecule has 0 amide bonds. The Labute approximate surface area is 144 Å². The number of hydrogen-bond acceptors (Lipinski definition) is 6. The minimum Gasteiger partial charge on any atom is -0.369 e. The molecule has 0 aliphatic heterocycles. The molecule has 0 saturated carbocycles. The van der Waals surface area contributed by atoms with E-state index in [4.69, 9.17) is 5.73 Å². The number of nitrogens with one attached hydrogen (secondary N) is 2. The van der Waals surface area contributed by atoms with Crippen molar-refractivity contribution < 1.29 is 0 Å². The molecule has 0 aliphatic carbocycles. The van der Waals surface area contributed by atoms with Gasteiger partial charge < -0.3 is 11.1 Å². The molecule has 0 unspecified atom stereocenters. The van der Waals surface area contributed by atoms with Crippen molar-refractivity contribution in [1.29, 1.82) is 0 Å². The van der Waals surface area contributed by atoms with Crippen LogP contribution in [0.4, 0.5) is 5.82 Å². The van der Waals surface area contributed by atoms with E-state index in [0.29, 0.717) is 13.1 Å². The molecule has 25 heavy (non-hydrogen) atoms. The molecule has 0 saturated heterocycles. The van der Waals surface area contributed by atoms with Gasteiger partial charge in [-0.2, -0.15) is 5.10 Å². The van der Waals surface area contributed by atoms with Gasteiger partial charge in [0.2, 0.25) is 0 Å². The summed E-state index contributed by atoms with van der Waals surface area (Å²) in [6.45, 7) is 1.23. The van der Waals surface area contributed by atoms with Gasteiger partial charge in [-0.25, -0.2) is 4.98 Å². The number of pyridine rings is 3. The number of rotatable bonds is 5. The van der Waals surface area contributed by atoms with Crippen molar-refractivity contribution >= 4 is 16.7 Å². The standard InChI is InChI=1S/C18H17N7/c19-4-7-22-17-8-12(3-6-21-17)18-14-9-15(13-2-1-5-20-10-13)23-11-16(14)24-25-18/h1-3,5-6,8-11H,4,7,19H2,(H,21,22)(H,24,25). The smallest absolute Gasteiger partial charge is 0.126 e. The molecule has 4 N–H and O–H groups in total. The van der Waals surface area contributed by atoms with Crippen molar-refractivity contribution in [3.8, 4) is 22.5 Å². The predicted molar refractivity (Wildman–Crippen MR) is 97.9 cm³/mol. The monoisotopic (exact) mass is 331 g/mol. The zero-order valence-corrected chi connectivity index (χ0v) is 13.5. The summed E-state index contributed by atoms with van der Waals surface area (Å²) in [5, 5.41) is 11.7. The van der Waals surface area contributed by atoms with Crippen molar-refractivity contribution in [2.45, 2.75) is 0 Å². The van der Waals surface area contributed by atoms with Crippen molar-refractivity contribution in [2.24, 2.45) is 5.73 Å². The fourth-order valence-corrected chi connectivity index (χ4v) is 2.68. The van der Waals surface area contributed by atoms with Gasteiger partial charge in [0.15, 0.2) is 0 Å². The number of H-pyrrole nitrogens is 1. The first-order valence-corrected chi connectivity index (χ1v) is 8.00. The van der Waals surface area contributed by atoms with Gasteiger partial charge in [0, 0.05) is 48.2 Å². The second kappa shape index (κ2) is 6.66. The van der Waals surface area contributed by atoms with Crippen LogP contribution in [0, 0.1) is 0 Å². The molecule has 7 heteroatoms. The van der Waals surface area contributed by atoms with E-state index in [1.54, 1.807) is 24.8 Å². The van der Waals surface area contributed by atoms with Gasteiger partial charge >= 0.3 is 0 Å². The predicted octanol–water partition coefficient (Wildman–Crippen LogP) is 2.45. The number of aromatic amines is 1. The molecule has 7 nitrogen and oxygen atoms in total. The second-order valence-electron chi connectivity index (χ2n) is 5.57. The highest BCUT2D eigenvalue weighted by Crippen LogP contribution is 2.29. The molecule has 124 valence electrons. The lowest BCUT2D eigenvalue weighted by Crippen LogP contribution is -2.13. The van der Waals surface area contributed by atoms with Crippen LogP contribution >= 0.6 is 0 Å². The van der Waals surface area contributed by atoms with E-state index < -0.39 is 0 Å². The maximum absolute atomic E-state index is 5.54. The molecule has 0 aliphatic rings. The van der Waals surface area contributed by atoms with Crippen molar-refractivity contribution in [3.63, 3.8) is 0 Å². The Morgan fingerprint density at radius 1 is 1.04 bits per heavy atom. The molecule has 4 aromatic heterocycles. The van der Waals surface area contributed by atoms with Crippen molar-refractivity contribution in [1.82, 2.24) is 25.1 Å². The van der Waals surface area contributed by atoms with Crippen molar-refractivity contribution in [3.05, 3.63) is 55.1 Å². The van der Waals surface area contributed by atoms with E-state index in [-0.39, 0.29) is 0 Å². The third-order valence-electron chi connectivity index (χ3n) is 3.89. The minimum atomic E-state index is 0.553. The van der Waals surface area contributed by atoms with Crippen LogP contribution in [-0.4, -0.2) is 38.2 Å². The molecular weight excluding hydrogens is 314 g/mol. The van der Waals surface area contributed by atoms with E-state index in [0.717, 1.165) is 39.2 Å². The maximum atomic E-state index is 5.54. The maximum Gasteiger partial charge on any atom is 0.126 e. The van der Waals surface area contributed by atoms with Crippen LogP contribution in [0.25, 0.3) is 33.4 Å². The number of anilines is 1. The number of fused-ring (bicyclic) bond motifs is 1. The minimum absolute atomic E-state index is 0.553. The third-order valence-corrected chi connectivity index (χ3v) is 3.89. The molecule has 0 fully saturated rings. The fraction of sp³-hybridized carbons (Fsp3) is 0.111. The summed E-state index contributed by atoms with van der Waals surface area (Å²) in [6, 6.07) is 9.82. The highest BCUT2D eigenvalue weighted by atomic mass is 15.1. The average molecular weight is 331 g/mol. The summed E-state index contributed by atoms with van der Waals surface area (Å²) in [7, 11) is 0. The molecule has 4 aromatic rings. The third kappa shape index (κ3) is 3.05. The molecule has 0 aromatic carbocycles. The largest absolute Gasteiger partial charge is 0.369 e. The average Bonchev–Trinajstić information content (AvgIpc) is 3.10. The van der Waals surface area contributed by atoms with Crippen molar-refractivity contribution in [2.75, 3.05) is 18.4 Å². The quantitative estimate of drug-likeness (QED) is 0.519. The van der Waals surface area contributed by atoms with Gasteiger partial charge in [-0.05, 0) is 30.3 Å². The van der Waals surface area contributed by atoms with Gasteiger partial charge in [0.1, 0.15) is 11.5 Å². The fourth-order valence-electron chi connectivity index (χ4n) is 2.68. The van der Waals surface area contributed by atoms with Gasteiger partial charge in [0.05, 0.1) is 17.4 Å². The Morgan fingerprint density at radius 2 is 2.00 bits per heavy atom. The molecule has 4 heterocycles. The lowest BCUT2D eigenvalue weighted by atomic mass is 10.1. The first-order valence-electron chi connectivity index (χ1n) is 8.00. The van der Waals surface area contributed by atoms with Crippen LogP contribution in [0.3, 0.4) is 0 Å². The van der Waals surface area contributed by atoms with Gasteiger partial charge in [-0.15, -0.1) is 0 Å². The van der Waals surface area contributed by atoms with E-state index in [2.05, 4.69) is 30.5 Å². The summed E-state index contributed by atoms with van der Waals surface area (Å²) in [5.41, 5.74) is 10.1. The number of aromatic nitrogens is 5. The van der Waals surface area contributed by atoms with Crippen LogP contribution < -0.4 is 11.1 Å². The van der Waals surface area contributed by atoms with Crippen LogP contribution in [0.5, 0.6) is 0 Å². The molecular formula is C18H17N7. The van der Waals surface area contributed by atoms with Crippen LogP contribution in [0.1, 0.15) is 0 Å². The number of nitrogens with two attached hydrogens (primary N) is 1. The van der Waals surface area contributed by atoms with Gasteiger partial charge in [-0.3, -0.25) is 15.1 Å². The molecule has 0 atom stereocenters. The Hall–Kier alpha value is -3.32. The van der Waals surface area contributed by atoms with Gasteiger partial charge in [0.25, 0.3) is 0 Å². The molecule has 4 rings (SSSR count). The lowest BCUT2D eigenvalue weighted by molar-refractivity contribution is 1.01. The SMILES string of the molecule is NCCNc1cc(-c2n[nH]c3cnc(-c4cccnc4)cc23)ccn1. The van der Waals surface area contributed by atoms with Gasteiger partial charge in [-0.1, -0.05) is 0 Å². The van der Waals surface area contributed by atoms with E-state index >= 15 is 0 Å². The van der Waals surface area contributed by atoms with E-state index in [1.165, 1.54) is 0 Å². The highest BCUT2D eigenvalue weighted by Gasteiger charge is 2.11. The Kier molecular flexibility index (Phi) is 4.05. The Morgan fingerprint density at radius 3 is 2.84 bits per heavy atom. The summed E-state index contributed by atoms with van der Waals surface area (Å²) >= 11 is 0. The molecule has 0 radical (unpaired) electrons. The number of nitrogens with zero attached hydrogens (tertiary/aromatic N) is 4. The second-order valence-corrected chi connectivity index (χ2v) is 5.57. The normalized spacial score (nSPS) is 10.9. The van der Waals surface area contributed by atoms with Crippen LogP contribution in [-0.2, 0) is 0 Å². The number of hydrogen-bond donors (Lipinski definition) is 3. The zero-order chi connectivity index (χ0) is 17.1. The van der Waals surface area contributed by atoms with Crippen LogP contribution in [0.15, 0.2) is 55.1 Å². The topological polar surface area (TPSA) is 105 Å². The van der Waals surface area contributed by atoms with E-state index in [9.17, 15) is 0 Å². The summed E-state index contributed by atoms with van der Waals surface area (Å²) in [6.07, 6.45) is 7.11. The summed E-state index contributed by atoms with van der Waals surface area (Å²) in [4.78, 5) is 13.0. The lowest BCUT2D eigenvalue weighted by Gasteiger charge is -2.05. The highest BCUT2D eigenvalue weighted by molar-refractivity contribution is 5.94. The Balaban J connectivity index is 1.78. The first-order chi connectivity index (χ1) is 12.3. The summed E-state index contributed by atoms with van der Waals surface area (Å²) in [5.74, 6) is 0.778. The zero-order valence-electron chi connectivity index (χ0n) is 13.5. The molecule has 0 spiro atoms. The first kappa shape index (κ1) is 15.2. The van der Waals surface area contributed by atoms with E-state index in [1.807, 2.05) is 30.3 Å². The Bertz CT molecular complexity index is 995.